The number of rotatable bonds is 3. The fraction of sp³-hybridized carbons (Fsp3) is 0.538. The van der Waals surface area contributed by atoms with Gasteiger partial charge in [0.05, 0.1) is 5.54 Å². The zero-order valence-electron chi connectivity index (χ0n) is 9.48. The number of carbonyl (C=O) groups excluding carboxylic acids is 1. The Kier molecular flexibility index (Phi) is 3.34. The van der Waals surface area contributed by atoms with Gasteiger partial charge in [0, 0.05) is 18.8 Å². The zero-order valence-corrected chi connectivity index (χ0v) is 9.48. The van der Waals surface area contributed by atoms with E-state index in [1.165, 1.54) is 6.42 Å². The molecule has 1 fully saturated rings. The molecule has 1 saturated carbocycles. The normalized spacial score (nSPS) is 19.3. The van der Waals surface area contributed by atoms with Gasteiger partial charge >= 0.3 is 0 Å². The van der Waals surface area contributed by atoms with Crippen molar-refractivity contribution >= 4 is 5.78 Å². The lowest BCUT2D eigenvalue weighted by Gasteiger charge is -2.31. The summed E-state index contributed by atoms with van der Waals surface area (Å²) < 4.78 is 0. The SMILES string of the molecule is NC1(C(=O)Cc2ccncc2)CCCCC1. The lowest BCUT2D eigenvalue weighted by molar-refractivity contribution is -0.124. The van der Waals surface area contributed by atoms with Gasteiger partial charge in [-0.25, -0.2) is 0 Å². The molecule has 16 heavy (non-hydrogen) atoms. The van der Waals surface area contributed by atoms with Crippen LogP contribution in [0.1, 0.15) is 37.7 Å². The average molecular weight is 218 g/mol. The number of pyridine rings is 1. The average Bonchev–Trinajstić information content (AvgIpc) is 2.31. The molecule has 0 aromatic carbocycles. The number of nitrogens with two attached hydrogens (primary N) is 1. The molecule has 1 aliphatic rings. The first kappa shape index (κ1) is 11.3. The summed E-state index contributed by atoms with van der Waals surface area (Å²) in [7, 11) is 0. The van der Waals surface area contributed by atoms with Crippen molar-refractivity contribution in [2.24, 2.45) is 5.73 Å². The van der Waals surface area contributed by atoms with Gasteiger partial charge in [-0.05, 0) is 30.5 Å². The minimum atomic E-state index is -0.568. The van der Waals surface area contributed by atoms with Crippen molar-refractivity contribution in [2.45, 2.75) is 44.1 Å². The second-order valence-electron chi connectivity index (χ2n) is 4.67. The number of Topliss-reactive ketones (excluding diaryl/α,β-unsaturated/α-hetero) is 1. The first-order valence-corrected chi connectivity index (χ1v) is 5.92. The minimum Gasteiger partial charge on any atom is -0.319 e. The Morgan fingerprint density at radius 2 is 1.88 bits per heavy atom. The quantitative estimate of drug-likeness (QED) is 0.842. The van der Waals surface area contributed by atoms with Crippen LogP contribution in [0.3, 0.4) is 0 Å². The smallest absolute Gasteiger partial charge is 0.156 e. The maximum atomic E-state index is 12.1. The molecule has 3 heteroatoms. The summed E-state index contributed by atoms with van der Waals surface area (Å²) in [5, 5.41) is 0. The number of ketones is 1. The van der Waals surface area contributed by atoms with Gasteiger partial charge in [-0.15, -0.1) is 0 Å². The van der Waals surface area contributed by atoms with Crippen molar-refractivity contribution in [2.75, 3.05) is 0 Å². The summed E-state index contributed by atoms with van der Waals surface area (Å²) in [6, 6.07) is 3.76. The maximum absolute atomic E-state index is 12.1. The van der Waals surface area contributed by atoms with Gasteiger partial charge in [0.15, 0.2) is 5.78 Å². The molecule has 1 aliphatic carbocycles. The van der Waals surface area contributed by atoms with E-state index < -0.39 is 5.54 Å². The number of nitrogens with zero attached hydrogens (tertiary/aromatic N) is 1. The van der Waals surface area contributed by atoms with E-state index in [9.17, 15) is 4.79 Å². The second-order valence-corrected chi connectivity index (χ2v) is 4.67. The fourth-order valence-electron chi connectivity index (χ4n) is 2.32. The molecule has 86 valence electrons. The van der Waals surface area contributed by atoms with Gasteiger partial charge in [0.1, 0.15) is 0 Å². The standard InChI is InChI=1S/C13H18N2O/c14-13(6-2-1-3-7-13)12(16)10-11-4-8-15-9-5-11/h4-5,8-9H,1-3,6-7,10,14H2. The largest absolute Gasteiger partial charge is 0.319 e. The number of carbonyl (C=O) groups is 1. The Labute approximate surface area is 96.1 Å². The van der Waals surface area contributed by atoms with E-state index in [4.69, 9.17) is 5.73 Å². The van der Waals surface area contributed by atoms with Crippen molar-refractivity contribution in [1.82, 2.24) is 4.98 Å². The second kappa shape index (κ2) is 4.74. The van der Waals surface area contributed by atoms with Crippen LogP contribution in [0.5, 0.6) is 0 Å². The summed E-state index contributed by atoms with van der Waals surface area (Å²) >= 11 is 0. The third-order valence-corrected chi connectivity index (χ3v) is 3.42. The molecule has 1 heterocycles. The molecular formula is C13H18N2O. The van der Waals surface area contributed by atoms with E-state index in [2.05, 4.69) is 4.98 Å². The molecule has 0 atom stereocenters. The molecule has 1 aromatic heterocycles. The highest BCUT2D eigenvalue weighted by atomic mass is 16.1. The van der Waals surface area contributed by atoms with Gasteiger partial charge in [0.2, 0.25) is 0 Å². The highest BCUT2D eigenvalue weighted by Crippen LogP contribution is 2.27. The molecule has 0 unspecified atom stereocenters. The van der Waals surface area contributed by atoms with Crippen molar-refractivity contribution in [3.63, 3.8) is 0 Å². The van der Waals surface area contributed by atoms with Crippen molar-refractivity contribution < 1.29 is 4.79 Å². The van der Waals surface area contributed by atoms with Crippen LogP contribution in [-0.2, 0) is 11.2 Å². The Morgan fingerprint density at radius 3 is 2.50 bits per heavy atom. The van der Waals surface area contributed by atoms with Crippen LogP contribution in [0, 0.1) is 0 Å². The summed E-state index contributed by atoms with van der Waals surface area (Å²) in [6.45, 7) is 0. The summed E-state index contributed by atoms with van der Waals surface area (Å²) in [4.78, 5) is 16.1. The lowest BCUT2D eigenvalue weighted by atomic mass is 9.78. The molecule has 1 aromatic rings. The summed E-state index contributed by atoms with van der Waals surface area (Å²) in [6.07, 6.45) is 8.94. The molecule has 0 aliphatic heterocycles. The highest BCUT2D eigenvalue weighted by Gasteiger charge is 2.34. The van der Waals surface area contributed by atoms with Crippen molar-refractivity contribution in [3.8, 4) is 0 Å². The van der Waals surface area contributed by atoms with Crippen LogP contribution < -0.4 is 5.73 Å². The van der Waals surface area contributed by atoms with Gasteiger partial charge in [-0.2, -0.15) is 0 Å². The van der Waals surface area contributed by atoms with Crippen LogP contribution in [0.2, 0.25) is 0 Å². The highest BCUT2D eigenvalue weighted by molar-refractivity contribution is 5.90. The summed E-state index contributed by atoms with van der Waals surface area (Å²) in [5.41, 5.74) is 6.63. The maximum Gasteiger partial charge on any atom is 0.156 e. The van der Waals surface area contributed by atoms with E-state index in [0.717, 1.165) is 31.2 Å². The van der Waals surface area contributed by atoms with Crippen LogP contribution >= 0.6 is 0 Å². The monoisotopic (exact) mass is 218 g/mol. The topological polar surface area (TPSA) is 56.0 Å². The molecule has 0 saturated heterocycles. The molecule has 0 amide bonds. The number of hydrogen-bond donors (Lipinski definition) is 1. The molecule has 0 bridgehead atoms. The Morgan fingerprint density at radius 1 is 1.25 bits per heavy atom. The van der Waals surface area contributed by atoms with Crippen LogP contribution in [0.25, 0.3) is 0 Å². The Balaban J connectivity index is 2.02. The third-order valence-electron chi connectivity index (χ3n) is 3.42. The first-order chi connectivity index (χ1) is 7.71. The van der Waals surface area contributed by atoms with Crippen molar-refractivity contribution in [3.05, 3.63) is 30.1 Å². The Hall–Kier alpha value is -1.22. The van der Waals surface area contributed by atoms with Crippen LogP contribution in [-0.4, -0.2) is 16.3 Å². The van der Waals surface area contributed by atoms with Gasteiger partial charge < -0.3 is 5.73 Å². The first-order valence-electron chi connectivity index (χ1n) is 5.92. The van der Waals surface area contributed by atoms with Crippen LogP contribution in [0.15, 0.2) is 24.5 Å². The minimum absolute atomic E-state index is 0.179. The number of hydrogen-bond acceptors (Lipinski definition) is 3. The van der Waals surface area contributed by atoms with E-state index in [-0.39, 0.29) is 5.78 Å². The van der Waals surface area contributed by atoms with E-state index in [1.807, 2.05) is 12.1 Å². The van der Waals surface area contributed by atoms with E-state index in [0.29, 0.717) is 6.42 Å². The van der Waals surface area contributed by atoms with Crippen molar-refractivity contribution in [1.29, 1.82) is 0 Å². The zero-order chi connectivity index (χ0) is 11.4. The predicted molar refractivity (Wildman–Crippen MR) is 63.0 cm³/mol. The lowest BCUT2D eigenvalue weighted by Crippen LogP contribution is -2.50. The molecule has 2 N–H and O–H groups in total. The molecule has 3 nitrogen and oxygen atoms in total. The van der Waals surface area contributed by atoms with E-state index in [1.54, 1.807) is 12.4 Å². The van der Waals surface area contributed by atoms with Crippen LogP contribution in [0.4, 0.5) is 0 Å². The molecule has 2 rings (SSSR count). The molecule has 0 radical (unpaired) electrons. The van der Waals surface area contributed by atoms with Gasteiger partial charge in [-0.3, -0.25) is 9.78 Å². The van der Waals surface area contributed by atoms with E-state index >= 15 is 0 Å². The fourth-order valence-corrected chi connectivity index (χ4v) is 2.32. The Bertz CT molecular complexity index is 355. The molecule has 0 spiro atoms. The molecular weight excluding hydrogens is 200 g/mol. The third kappa shape index (κ3) is 2.47. The van der Waals surface area contributed by atoms with Gasteiger partial charge in [-0.1, -0.05) is 19.3 Å². The van der Waals surface area contributed by atoms with Gasteiger partial charge in [0.25, 0.3) is 0 Å². The predicted octanol–water partition coefficient (Wildman–Crippen LogP) is 1.85. The number of aromatic nitrogens is 1. The summed E-state index contributed by atoms with van der Waals surface area (Å²) in [5.74, 6) is 0.179.